The summed E-state index contributed by atoms with van der Waals surface area (Å²) in [4.78, 5) is 22.4. The molecule has 0 saturated carbocycles. The van der Waals surface area contributed by atoms with Crippen LogP contribution in [0.1, 0.15) is 34.6 Å². The van der Waals surface area contributed by atoms with Gasteiger partial charge in [0.1, 0.15) is 11.3 Å². The van der Waals surface area contributed by atoms with Gasteiger partial charge in [0.15, 0.2) is 0 Å². The third-order valence-corrected chi connectivity index (χ3v) is 5.30. The van der Waals surface area contributed by atoms with Crippen LogP contribution < -0.4 is 0 Å². The van der Waals surface area contributed by atoms with E-state index < -0.39 is 0 Å². The van der Waals surface area contributed by atoms with Gasteiger partial charge in [-0.05, 0) is 51.3 Å². The summed E-state index contributed by atoms with van der Waals surface area (Å²) in [6, 6.07) is 4.36. The molecule has 5 heteroatoms. The Kier molecular flexibility index (Phi) is 3.41. The number of piperidine rings is 1. The Morgan fingerprint density at radius 3 is 2.83 bits per heavy atom. The Labute approximate surface area is 136 Å². The molecule has 3 saturated heterocycles. The number of hydrogen-bond acceptors (Lipinski definition) is 3. The fraction of sp³-hybridized carbons (Fsp3) is 0.556. The zero-order chi connectivity index (χ0) is 16.1. The molecule has 2 aromatic heterocycles. The average molecular weight is 312 g/mol. The second-order valence-corrected chi connectivity index (χ2v) is 7.26. The fourth-order valence-corrected chi connectivity index (χ4v) is 4.23. The molecule has 0 radical (unpaired) electrons. The zero-order valence-electron chi connectivity index (χ0n) is 14.1. The van der Waals surface area contributed by atoms with Crippen LogP contribution in [0, 0.1) is 19.8 Å². The molecular weight excluding hydrogens is 288 g/mol. The van der Waals surface area contributed by atoms with Crippen LogP contribution in [0.25, 0.3) is 5.65 Å². The number of carbonyl (C=O) groups excluding carboxylic acids is 1. The van der Waals surface area contributed by atoms with E-state index in [1.807, 2.05) is 36.6 Å². The number of imidazole rings is 1. The molecule has 0 N–H and O–H groups in total. The molecule has 2 aromatic rings. The van der Waals surface area contributed by atoms with Gasteiger partial charge in [-0.1, -0.05) is 6.07 Å². The first-order chi connectivity index (χ1) is 11.0. The van der Waals surface area contributed by atoms with Crippen molar-refractivity contribution in [2.24, 2.45) is 5.92 Å². The lowest BCUT2D eigenvalue weighted by Crippen LogP contribution is -2.47. The first-order valence-corrected chi connectivity index (χ1v) is 8.48. The lowest BCUT2D eigenvalue weighted by atomic mass is 9.94. The molecular formula is C18H24N4O. The standard InChI is InChI=1S/C18H24N4O/c1-12-4-7-16-19-13(2)17(22(16)8-12)18(23)21-10-14-5-6-15(21)11-20(3)9-14/h4,7-8,14-15H,5-6,9-11H2,1-3H3/t14-,15+/m1/s1. The quantitative estimate of drug-likeness (QED) is 0.810. The third-order valence-electron chi connectivity index (χ3n) is 5.30. The van der Waals surface area contributed by atoms with Gasteiger partial charge in [-0.15, -0.1) is 0 Å². The van der Waals surface area contributed by atoms with Crippen LogP contribution in [0.3, 0.4) is 0 Å². The molecule has 0 aromatic carbocycles. The second-order valence-electron chi connectivity index (χ2n) is 7.26. The lowest BCUT2D eigenvalue weighted by Gasteiger charge is -2.36. The lowest BCUT2D eigenvalue weighted by molar-refractivity contribution is 0.0579. The molecule has 3 aliphatic heterocycles. The SMILES string of the molecule is Cc1ccc2nc(C)c(C(=O)N3C[C@@H]4CC[C@H]3CN(C)C4)n2c1. The summed E-state index contributed by atoms with van der Waals surface area (Å²) < 4.78 is 1.97. The molecule has 3 fully saturated rings. The number of carbonyl (C=O) groups is 1. The number of hydrogen-bond donors (Lipinski definition) is 0. The van der Waals surface area contributed by atoms with Gasteiger partial charge in [0.25, 0.3) is 5.91 Å². The van der Waals surface area contributed by atoms with Gasteiger partial charge in [-0.25, -0.2) is 4.98 Å². The molecule has 2 atom stereocenters. The minimum Gasteiger partial charge on any atom is -0.333 e. The van der Waals surface area contributed by atoms with Crippen LogP contribution in [-0.4, -0.2) is 57.8 Å². The molecule has 5 nitrogen and oxygen atoms in total. The minimum absolute atomic E-state index is 0.144. The van der Waals surface area contributed by atoms with Gasteiger partial charge in [0, 0.05) is 31.9 Å². The number of fused-ring (bicyclic) bond motifs is 5. The van der Waals surface area contributed by atoms with Crippen molar-refractivity contribution < 1.29 is 4.79 Å². The Balaban J connectivity index is 1.75. The number of aromatic nitrogens is 2. The Hall–Kier alpha value is -1.88. The van der Waals surface area contributed by atoms with Crippen molar-refractivity contribution in [2.75, 3.05) is 26.7 Å². The number of amides is 1. The third kappa shape index (κ3) is 2.43. The summed E-state index contributed by atoms with van der Waals surface area (Å²) in [5.41, 5.74) is 3.56. The summed E-state index contributed by atoms with van der Waals surface area (Å²) in [5.74, 6) is 0.745. The van der Waals surface area contributed by atoms with Crippen LogP contribution in [0.2, 0.25) is 0 Å². The van der Waals surface area contributed by atoms with Crippen molar-refractivity contribution in [3.8, 4) is 0 Å². The second kappa shape index (κ2) is 5.34. The summed E-state index contributed by atoms with van der Waals surface area (Å²) in [6.07, 6.45) is 4.38. The minimum atomic E-state index is 0.144. The van der Waals surface area contributed by atoms with Crippen LogP contribution in [0.4, 0.5) is 0 Å². The molecule has 3 aliphatic rings. The topological polar surface area (TPSA) is 40.9 Å². The van der Waals surface area contributed by atoms with Crippen molar-refractivity contribution in [2.45, 2.75) is 32.7 Å². The summed E-state index contributed by atoms with van der Waals surface area (Å²) >= 11 is 0. The van der Waals surface area contributed by atoms with Gasteiger partial charge in [0.2, 0.25) is 0 Å². The number of aryl methyl sites for hydroxylation is 2. The van der Waals surface area contributed by atoms with Crippen LogP contribution in [0.5, 0.6) is 0 Å². The maximum atomic E-state index is 13.3. The van der Waals surface area contributed by atoms with E-state index in [0.29, 0.717) is 12.0 Å². The molecule has 122 valence electrons. The molecule has 23 heavy (non-hydrogen) atoms. The fourth-order valence-electron chi connectivity index (χ4n) is 4.23. The van der Waals surface area contributed by atoms with Crippen molar-refractivity contribution in [1.29, 1.82) is 0 Å². The van der Waals surface area contributed by atoms with E-state index in [1.54, 1.807) is 0 Å². The molecule has 5 rings (SSSR count). The summed E-state index contributed by atoms with van der Waals surface area (Å²) in [5, 5.41) is 0. The first kappa shape index (κ1) is 14.7. The van der Waals surface area contributed by atoms with Crippen LogP contribution in [0.15, 0.2) is 18.3 Å². The van der Waals surface area contributed by atoms with Gasteiger partial charge in [0.05, 0.1) is 5.69 Å². The van der Waals surface area contributed by atoms with Crippen molar-refractivity contribution in [1.82, 2.24) is 19.2 Å². The predicted octanol–water partition coefficient (Wildman–Crippen LogP) is 2.12. The maximum absolute atomic E-state index is 13.3. The number of likely N-dealkylation sites (N-methyl/N-ethyl adjacent to an activating group) is 1. The van der Waals surface area contributed by atoms with Gasteiger partial charge in [-0.3, -0.25) is 9.20 Å². The summed E-state index contributed by atoms with van der Waals surface area (Å²) in [6.45, 7) is 6.96. The molecule has 2 bridgehead atoms. The highest BCUT2D eigenvalue weighted by atomic mass is 16.2. The average Bonchev–Trinajstić information content (AvgIpc) is 2.64. The normalized spacial score (nSPS) is 25.1. The van der Waals surface area contributed by atoms with E-state index in [4.69, 9.17) is 0 Å². The van der Waals surface area contributed by atoms with Crippen molar-refractivity contribution >= 4 is 11.6 Å². The van der Waals surface area contributed by atoms with E-state index in [-0.39, 0.29) is 5.91 Å². The smallest absolute Gasteiger partial charge is 0.273 e. The van der Waals surface area contributed by atoms with Gasteiger partial charge >= 0.3 is 0 Å². The Morgan fingerprint density at radius 1 is 1.17 bits per heavy atom. The summed E-state index contributed by atoms with van der Waals surface area (Å²) in [7, 11) is 2.17. The largest absolute Gasteiger partial charge is 0.333 e. The van der Waals surface area contributed by atoms with E-state index in [9.17, 15) is 4.79 Å². The Morgan fingerprint density at radius 2 is 2.00 bits per heavy atom. The number of pyridine rings is 1. The maximum Gasteiger partial charge on any atom is 0.273 e. The highest BCUT2D eigenvalue weighted by molar-refractivity contribution is 5.95. The molecule has 0 unspecified atom stereocenters. The molecule has 5 heterocycles. The van der Waals surface area contributed by atoms with Gasteiger partial charge < -0.3 is 9.80 Å². The van der Waals surface area contributed by atoms with Crippen molar-refractivity contribution in [3.05, 3.63) is 35.3 Å². The molecule has 1 amide bonds. The van der Waals surface area contributed by atoms with E-state index in [1.165, 1.54) is 6.42 Å². The van der Waals surface area contributed by atoms with E-state index in [2.05, 4.69) is 21.8 Å². The van der Waals surface area contributed by atoms with E-state index >= 15 is 0 Å². The number of rotatable bonds is 1. The number of nitrogens with zero attached hydrogens (tertiary/aromatic N) is 4. The highest BCUT2D eigenvalue weighted by Gasteiger charge is 2.37. The predicted molar refractivity (Wildman–Crippen MR) is 89.7 cm³/mol. The molecule has 0 aliphatic carbocycles. The van der Waals surface area contributed by atoms with Crippen molar-refractivity contribution in [3.63, 3.8) is 0 Å². The van der Waals surface area contributed by atoms with Crippen LogP contribution >= 0.6 is 0 Å². The van der Waals surface area contributed by atoms with E-state index in [0.717, 1.165) is 48.7 Å². The van der Waals surface area contributed by atoms with Gasteiger partial charge in [-0.2, -0.15) is 0 Å². The molecule has 0 spiro atoms. The Bertz CT molecular complexity index is 766. The monoisotopic (exact) mass is 312 g/mol. The highest BCUT2D eigenvalue weighted by Crippen LogP contribution is 2.29. The van der Waals surface area contributed by atoms with Crippen LogP contribution in [-0.2, 0) is 0 Å². The first-order valence-electron chi connectivity index (χ1n) is 8.48. The zero-order valence-corrected chi connectivity index (χ0v) is 14.1.